The number of halogens is 1. The molecule has 1 amide bonds. The minimum atomic E-state index is -0.0586. The highest BCUT2D eigenvalue weighted by atomic mass is 127. The molecule has 6 heteroatoms. The molecule has 0 radical (unpaired) electrons. The summed E-state index contributed by atoms with van der Waals surface area (Å²) < 4.78 is 12.1. The van der Waals surface area contributed by atoms with Gasteiger partial charge in [0, 0.05) is 34.8 Å². The van der Waals surface area contributed by atoms with Crippen molar-refractivity contribution in [2.75, 3.05) is 26.8 Å². The quantitative estimate of drug-likeness (QED) is 0.617. The second-order valence-electron chi connectivity index (χ2n) is 6.67. The number of hydrogen-bond acceptors (Lipinski definition) is 4. The first-order valence-electron chi connectivity index (χ1n) is 9.16. The normalized spacial score (nSPS) is 15.3. The van der Waals surface area contributed by atoms with Crippen LogP contribution in [0.2, 0.25) is 0 Å². The largest absolute Gasteiger partial charge is 0.496 e. The molecule has 1 fully saturated rings. The van der Waals surface area contributed by atoms with Crippen LogP contribution in [0.5, 0.6) is 11.5 Å². The monoisotopic (exact) mass is 480 g/mol. The number of rotatable bonds is 7. The van der Waals surface area contributed by atoms with Gasteiger partial charge in [0.2, 0.25) is 0 Å². The van der Waals surface area contributed by atoms with Crippen LogP contribution in [0.3, 0.4) is 0 Å². The predicted molar refractivity (Wildman–Crippen MR) is 114 cm³/mol. The summed E-state index contributed by atoms with van der Waals surface area (Å²) in [6, 6.07) is 16.0. The number of carbonyl (C=O) groups is 1. The van der Waals surface area contributed by atoms with Crippen molar-refractivity contribution in [1.29, 1.82) is 0 Å². The van der Waals surface area contributed by atoms with Crippen molar-refractivity contribution >= 4 is 28.5 Å². The van der Waals surface area contributed by atoms with Crippen molar-refractivity contribution in [3.05, 3.63) is 57.7 Å². The number of ether oxygens (including phenoxy) is 2. The van der Waals surface area contributed by atoms with E-state index in [1.165, 1.54) is 5.56 Å². The second kappa shape index (κ2) is 9.94. The van der Waals surface area contributed by atoms with Crippen LogP contribution in [0.4, 0.5) is 0 Å². The van der Waals surface area contributed by atoms with Gasteiger partial charge in [0.1, 0.15) is 11.5 Å². The highest BCUT2D eigenvalue weighted by molar-refractivity contribution is 14.1. The summed E-state index contributed by atoms with van der Waals surface area (Å²) in [4.78, 5) is 14.5. The Labute approximate surface area is 174 Å². The Morgan fingerprint density at radius 1 is 1.15 bits per heavy atom. The number of methoxy groups -OCH3 is 1. The molecule has 2 aromatic carbocycles. The minimum Gasteiger partial charge on any atom is -0.496 e. The van der Waals surface area contributed by atoms with E-state index in [9.17, 15) is 4.79 Å². The average Bonchev–Trinajstić information content (AvgIpc) is 2.69. The van der Waals surface area contributed by atoms with Gasteiger partial charge in [-0.2, -0.15) is 0 Å². The Balaban J connectivity index is 1.40. The van der Waals surface area contributed by atoms with Crippen molar-refractivity contribution in [1.82, 2.24) is 10.2 Å². The van der Waals surface area contributed by atoms with Crippen LogP contribution in [0.25, 0.3) is 0 Å². The molecule has 0 aliphatic carbocycles. The summed E-state index contributed by atoms with van der Waals surface area (Å²) in [7, 11) is 1.71. The molecule has 0 unspecified atom stereocenters. The van der Waals surface area contributed by atoms with Crippen LogP contribution in [0.1, 0.15) is 18.4 Å². The standard InChI is InChI=1S/C21H25IN2O3/c1-26-20-5-3-2-4-16(20)14-24-12-10-18(11-13-24)23-21(25)15-27-19-8-6-17(22)7-9-19/h2-9,18H,10-15H2,1H3,(H,23,25). The molecule has 0 spiro atoms. The van der Waals surface area contributed by atoms with E-state index >= 15 is 0 Å². The molecular weight excluding hydrogens is 455 g/mol. The highest BCUT2D eigenvalue weighted by Crippen LogP contribution is 2.21. The molecule has 0 saturated carbocycles. The molecule has 1 N–H and O–H groups in total. The lowest BCUT2D eigenvalue weighted by molar-refractivity contribution is -0.124. The zero-order valence-corrected chi connectivity index (χ0v) is 17.6. The SMILES string of the molecule is COc1ccccc1CN1CCC(NC(=O)COc2ccc(I)cc2)CC1. The summed E-state index contributed by atoms with van der Waals surface area (Å²) in [5.41, 5.74) is 1.20. The lowest BCUT2D eigenvalue weighted by Crippen LogP contribution is -2.45. The Morgan fingerprint density at radius 3 is 2.56 bits per heavy atom. The van der Waals surface area contributed by atoms with E-state index in [2.05, 4.69) is 38.9 Å². The topological polar surface area (TPSA) is 50.8 Å². The van der Waals surface area contributed by atoms with Crippen LogP contribution in [-0.4, -0.2) is 43.7 Å². The number of nitrogens with one attached hydrogen (secondary N) is 1. The fourth-order valence-electron chi connectivity index (χ4n) is 3.26. The molecule has 144 valence electrons. The summed E-state index contributed by atoms with van der Waals surface area (Å²) in [6.45, 7) is 2.85. The average molecular weight is 480 g/mol. The second-order valence-corrected chi connectivity index (χ2v) is 7.92. The van der Waals surface area contributed by atoms with E-state index in [0.717, 1.165) is 47.5 Å². The molecule has 1 heterocycles. The Bertz CT molecular complexity index is 743. The third kappa shape index (κ3) is 6.10. The highest BCUT2D eigenvalue weighted by Gasteiger charge is 2.21. The first kappa shape index (κ1) is 19.9. The van der Waals surface area contributed by atoms with E-state index < -0.39 is 0 Å². The minimum absolute atomic E-state index is 0.0576. The fourth-order valence-corrected chi connectivity index (χ4v) is 3.62. The van der Waals surface area contributed by atoms with Gasteiger partial charge in [0.05, 0.1) is 7.11 Å². The van der Waals surface area contributed by atoms with Crippen LogP contribution in [0.15, 0.2) is 48.5 Å². The van der Waals surface area contributed by atoms with Crippen molar-refractivity contribution in [2.45, 2.75) is 25.4 Å². The molecule has 3 rings (SSSR count). The molecule has 0 atom stereocenters. The molecule has 0 bridgehead atoms. The van der Waals surface area contributed by atoms with Crippen LogP contribution in [0, 0.1) is 3.57 Å². The molecule has 1 aliphatic rings. The lowest BCUT2D eigenvalue weighted by atomic mass is 10.0. The van der Waals surface area contributed by atoms with Crippen molar-refractivity contribution < 1.29 is 14.3 Å². The number of para-hydroxylation sites is 1. The molecule has 1 saturated heterocycles. The third-order valence-corrected chi connectivity index (χ3v) is 5.44. The van der Waals surface area contributed by atoms with Crippen LogP contribution in [-0.2, 0) is 11.3 Å². The maximum absolute atomic E-state index is 12.1. The fraction of sp³-hybridized carbons (Fsp3) is 0.381. The number of hydrogen-bond donors (Lipinski definition) is 1. The van der Waals surface area contributed by atoms with Crippen LogP contribution >= 0.6 is 22.6 Å². The zero-order valence-electron chi connectivity index (χ0n) is 15.5. The van der Waals surface area contributed by atoms with Gasteiger partial charge in [-0.1, -0.05) is 18.2 Å². The molecule has 5 nitrogen and oxygen atoms in total. The maximum Gasteiger partial charge on any atom is 0.258 e. The van der Waals surface area contributed by atoms with E-state index in [4.69, 9.17) is 9.47 Å². The Kier molecular flexibility index (Phi) is 7.34. The van der Waals surface area contributed by atoms with Gasteiger partial charge in [-0.05, 0) is 65.8 Å². The van der Waals surface area contributed by atoms with E-state index in [1.54, 1.807) is 7.11 Å². The molecule has 0 aromatic heterocycles. The van der Waals surface area contributed by atoms with Gasteiger partial charge in [-0.25, -0.2) is 0 Å². The number of nitrogens with zero attached hydrogens (tertiary/aromatic N) is 1. The summed E-state index contributed by atoms with van der Waals surface area (Å²) >= 11 is 2.24. The molecule has 2 aromatic rings. The lowest BCUT2D eigenvalue weighted by Gasteiger charge is -2.32. The number of carbonyl (C=O) groups excluding carboxylic acids is 1. The number of benzene rings is 2. The number of amides is 1. The zero-order chi connectivity index (χ0) is 19.1. The predicted octanol–water partition coefficient (Wildman–Crippen LogP) is 3.46. The van der Waals surface area contributed by atoms with Gasteiger partial charge < -0.3 is 14.8 Å². The van der Waals surface area contributed by atoms with Gasteiger partial charge >= 0.3 is 0 Å². The van der Waals surface area contributed by atoms with Gasteiger partial charge in [-0.15, -0.1) is 0 Å². The van der Waals surface area contributed by atoms with Crippen molar-refractivity contribution in [2.24, 2.45) is 0 Å². The summed E-state index contributed by atoms with van der Waals surface area (Å²) in [5, 5.41) is 3.09. The van der Waals surface area contributed by atoms with Crippen molar-refractivity contribution in [3.8, 4) is 11.5 Å². The molecule has 27 heavy (non-hydrogen) atoms. The first-order valence-corrected chi connectivity index (χ1v) is 10.2. The Hall–Kier alpha value is -1.80. The van der Waals surface area contributed by atoms with Crippen LogP contribution < -0.4 is 14.8 Å². The molecular formula is C21H25IN2O3. The molecule has 1 aliphatic heterocycles. The van der Waals surface area contributed by atoms with Crippen molar-refractivity contribution in [3.63, 3.8) is 0 Å². The third-order valence-electron chi connectivity index (χ3n) is 4.72. The first-order chi connectivity index (χ1) is 13.1. The Morgan fingerprint density at radius 2 is 1.85 bits per heavy atom. The van der Waals surface area contributed by atoms with E-state index in [-0.39, 0.29) is 18.6 Å². The summed E-state index contributed by atoms with van der Waals surface area (Å²) in [6.07, 6.45) is 1.90. The van der Waals surface area contributed by atoms with Gasteiger partial charge in [0.25, 0.3) is 5.91 Å². The summed E-state index contributed by atoms with van der Waals surface area (Å²) in [5.74, 6) is 1.59. The van der Waals surface area contributed by atoms with Gasteiger partial charge in [-0.3, -0.25) is 9.69 Å². The number of piperidine rings is 1. The van der Waals surface area contributed by atoms with Gasteiger partial charge in [0.15, 0.2) is 6.61 Å². The van der Waals surface area contributed by atoms with E-state index in [1.807, 2.05) is 42.5 Å². The van der Waals surface area contributed by atoms with E-state index in [0.29, 0.717) is 0 Å². The smallest absolute Gasteiger partial charge is 0.258 e. The number of likely N-dealkylation sites (tertiary alicyclic amines) is 1. The maximum atomic E-state index is 12.1.